The molecule has 1 aliphatic rings. The van der Waals surface area contributed by atoms with Crippen molar-refractivity contribution in [2.75, 3.05) is 26.7 Å². The van der Waals surface area contributed by atoms with Crippen LogP contribution in [0.25, 0.3) is 5.57 Å². The van der Waals surface area contributed by atoms with Gasteiger partial charge in [-0.15, -0.1) is 4.37 Å². The van der Waals surface area contributed by atoms with Crippen LogP contribution >= 0.6 is 11.7 Å². The van der Waals surface area contributed by atoms with Crippen molar-refractivity contribution in [3.8, 4) is 5.88 Å². The summed E-state index contributed by atoms with van der Waals surface area (Å²) in [4.78, 5) is 2.03. The Morgan fingerprint density at radius 1 is 1.15 bits per heavy atom. The first kappa shape index (κ1) is 20.9. The van der Waals surface area contributed by atoms with Crippen LogP contribution in [0.3, 0.4) is 0 Å². The molecule has 0 spiro atoms. The average molecular weight is 407 g/mol. The van der Waals surface area contributed by atoms with Gasteiger partial charge in [-0.2, -0.15) is 35.1 Å². The molecule has 26 heavy (non-hydrogen) atoms. The quantitative estimate of drug-likeness (QED) is 0.501. The third kappa shape index (κ3) is 4.45. The maximum atomic E-state index is 13.2. The molecular weight excluding hydrogens is 391 g/mol. The molecule has 0 aromatic carbocycles. The Bertz CT molecular complexity index is 645. The molecule has 0 saturated heterocycles. The predicted molar refractivity (Wildman–Crippen MR) is 80.7 cm³/mol. The van der Waals surface area contributed by atoms with Gasteiger partial charge in [-0.1, -0.05) is 6.08 Å². The zero-order valence-corrected chi connectivity index (χ0v) is 14.4. The minimum Gasteiger partial charge on any atom is -0.475 e. The van der Waals surface area contributed by atoms with Crippen molar-refractivity contribution in [2.24, 2.45) is 0 Å². The van der Waals surface area contributed by atoms with E-state index < -0.39 is 37.5 Å². The first-order valence-corrected chi connectivity index (χ1v) is 8.34. The first-order valence-electron chi connectivity index (χ1n) is 7.61. The van der Waals surface area contributed by atoms with Gasteiger partial charge in [0.2, 0.25) is 0 Å². The van der Waals surface area contributed by atoms with Crippen LogP contribution in [0.4, 0.5) is 30.7 Å². The summed E-state index contributed by atoms with van der Waals surface area (Å²) < 4.78 is 101. The largest absolute Gasteiger partial charge is 0.475 e. The Labute approximate surface area is 149 Å². The fourth-order valence-corrected chi connectivity index (χ4v) is 2.89. The fourth-order valence-electron chi connectivity index (χ4n) is 2.36. The Balaban J connectivity index is 1.92. The molecule has 0 amide bonds. The maximum Gasteiger partial charge on any atom is 0.459 e. The molecule has 12 heteroatoms. The number of ether oxygens (including phenoxy) is 1. The van der Waals surface area contributed by atoms with Crippen LogP contribution in [-0.2, 0) is 0 Å². The lowest BCUT2D eigenvalue weighted by Gasteiger charge is -2.28. The highest BCUT2D eigenvalue weighted by molar-refractivity contribution is 6.99. The molecule has 2 heterocycles. The van der Waals surface area contributed by atoms with Crippen LogP contribution in [0.15, 0.2) is 6.08 Å². The molecule has 148 valence electrons. The molecule has 0 unspecified atom stereocenters. The van der Waals surface area contributed by atoms with Crippen LogP contribution < -0.4 is 4.74 Å². The second kappa shape index (κ2) is 7.67. The Hall–Kier alpha value is -1.43. The highest BCUT2D eigenvalue weighted by Gasteiger charge is 2.72. The Kier molecular flexibility index (Phi) is 6.16. The van der Waals surface area contributed by atoms with E-state index in [4.69, 9.17) is 4.74 Å². The SMILES string of the molecule is CN1CCC=C(c2nsnc2OCCCC(F)(F)C(F)(F)C(F)(F)F)C1. The lowest BCUT2D eigenvalue weighted by molar-refractivity contribution is -0.355. The normalized spacial score (nSPS) is 17.3. The van der Waals surface area contributed by atoms with E-state index in [1.807, 2.05) is 18.0 Å². The number of aromatic nitrogens is 2. The van der Waals surface area contributed by atoms with E-state index in [-0.39, 0.29) is 5.88 Å². The van der Waals surface area contributed by atoms with Gasteiger partial charge in [0.25, 0.3) is 5.88 Å². The molecule has 0 bridgehead atoms. The van der Waals surface area contributed by atoms with Crippen molar-refractivity contribution < 1.29 is 35.5 Å². The van der Waals surface area contributed by atoms with E-state index in [1.165, 1.54) is 0 Å². The monoisotopic (exact) mass is 407 g/mol. The summed E-state index contributed by atoms with van der Waals surface area (Å²) in [5.74, 6) is -11.3. The maximum absolute atomic E-state index is 13.2. The van der Waals surface area contributed by atoms with Crippen molar-refractivity contribution in [1.29, 1.82) is 0 Å². The highest BCUT2D eigenvalue weighted by atomic mass is 32.1. The van der Waals surface area contributed by atoms with Crippen LogP contribution in [0.2, 0.25) is 0 Å². The second-order valence-corrected chi connectivity index (χ2v) is 6.43. The number of likely N-dealkylation sites (N-methyl/N-ethyl adjacent to an activating group) is 1. The van der Waals surface area contributed by atoms with Crippen LogP contribution in [-0.4, -0.2) is 58.4 Å². The molecule has 4 nitrogen and oxygen atoms in total. The number of hydrogen-bond donors (Lipinski definition) is 0. The molecule has 0 N–H and O–H groups in total. The number of alkyl halides is 7. The molecule has 1 aromatic rings. The van der Waals surface area contributed by atoms with Crippen LogP contribution in [0.1, 0.15) is 25.0 Å². The topological polar surface area (TPSA) is 38.2 Å². The number of hydrogen-bond acceptors (Lipinski definition) is 5. The molecule has 1 aromatic heterocycles. The molecular formula is C14H16F7N3OS. The molecule has 0 atom stereocenters. The number of nitrogens with zero attached hydrogens (tertiary/aromatic N) is 3. The summed E-state index contributed by atoms with van der Waals surface area (Å²) in [7, 11) is 1.90. The van der Waals surface area contributed by atoms with Gasteiger partial charge < -0.3 is 9.64 Å². The van der Waals surface area contributed by atoms with Crippen LogP contribution in [0, 0.1) is 0 Å². The standard InChI is InChI=1S/C14H16F7N3OS/c1-24-6-2-4-9(8-24)10-11(23-26-22-10)25-7-3-5-12(15,16)13(17,18)14(19,20)21/h4H,2-3,5-8H2,1H3. The summed E-state index contributed by atoms with van der Waals surface area (Å²) in [5, 5.41) is 0. The zero-order valence-electron chi connectivity index (χ0n) is 13.6. The van der Waals surface area contributed by atoms with E-state index in [1.54, 1.807) is 0 Å². The molecule has 0 saturated carbocycles. The lowest BCUT2D eigenvalue weighted by Crippen LogP contribution is -2.51. The van der Waals surface area contributed by atoms with Crippen molar-refractivity contribution in [2.45, 2.75) is 37.3 Å². The second-order valence-electron chi connectivity index (χ2n) is 5.90. The van der Waals surface area contributed by atoms with Crippen molar-refractivity contribution >= 4 is 17.3 Å². The number of rotatable bonds is 7. The van der Waals surface area contributed by atoms with E-state index in [0.29, 0.717) is 12.2 Å². The van der Waals surface area contributed by atoms with Gasteiger partial charge in [-0.3, -0.25) is 0 Å². The van der Waals surface area contributed by atoms with Gasteiger partial charge in [0.1, 0.15) is 5.69 Å². The molecule has 2 rings (SSSR count). The zero-order chi connectivity index (χ0) is 19.6. The van der Waals surface area contributed by atoms with E-state index >= 15 is 0 Å². The van der Waals surface area contributed by atoms with Gasteiger partial charge in [0.05, 0.1) is 18.3 Å². The van der Waals surface area contributed by atoms with Gasteiger partial charge in [-0.25, -0.2) is 0 Å². The molecule has 0 fully saturated rings. The Morgan fingerprint density at radius 3 is 2.46 bits per heavy atom. The van der Waals surface area contributed by atoms with E-state index in [2.05, 4.69) is 8.75 Å². The Morgan fingerprint density at radius 2 is 1.85 bits per heavy atom. The van der Waals surface area contributed by atoms with E-state index in [9.17, 15) is 30.7 Å². The third-order valence-electron chi connectivity index (χ3n) is 3.79. The van der Waals surface area contributed by atoms with Gasteiger partial charge in [-0.05, 0) is 25.5 Å². The lowest BCUT2D eigenvalue weighted by atomic mass is 10.1. The van der Waals surface area contributed by atoms with E-state index in [0.717, 1.165) is 30.3 Å². The molecule has 0 radical (unpaired) electrons. The smallest absolute Gasteiger partial charge is 0.459 e. The van der Waals surface area contributed by atoms with Crippen molar-refractivity contribution in [1.82, 2.24) is 13.6 Å². The molecule has 0 aliphatic carbocycles. The predicted octanol–water partition coefficient (Wildman–Crippen LogP) is 4.25. The van der Waals surface area contributed by atoms with Gasteiger partial charge in [0.15, 0.2) is 0 Å². The minimum absolute atomic E-state index is 0.0578. The highest BCUT2D eigenvalue weighted by Crippen LogP contribution is 2.48. The summed E-state index contributed by atoms with van der Waals surface area (Å²) in [6, 6.07) is 0. The molecule has 1 aliphatic heterocycles. The third-order valence-corrected chi connectivity index (χ3v) is 4.31. The summed E-state index contributed by atoms with van der Waals surface area (Å²) >= 11 is 0.831. The van der Waals surface area contributed by atoms with Crippen molar-refractivity contribution in [3.63, 3.8) is 0 Å². The average Bonchev–Trinajstić information content (AvgIpc) is 2.99. The van der Waals surface area contributed by atoms with Gasteiger partial charge >= 0.3 is 18.0 Å². The summed E-state index contributed by atoms with van der Waals surface area (Å²) in [5.41, 5.74) is 1.25. The summed E-state index contributed by atoms with van der Waals surface area (Å²) in [6.07, 6.45) is -5.97. The van der Waals surface area contributed by atoms with Crippen LogP contribution in [0.5, 0.6) is 5.88 Å². The minimum atomic E-state index is -6.32. The fraction of sp³-hybridized carbons (Fsp3) is 0.714. The van der Waals surface area contributed by atoms with Crippen molar-refractivity contribution in [3.05, 3.63) is 11.8 Å². The number of halogens is 7. The summed E-state index contributed by atoms with van der Waals surface area (Å²) in [6.45, 7) is 0.961. The van der Waals surface area contributed by atoms with Gasteiger partial charge in [0, 0.05) is 19.5 Å². The first-order chi connectivity index (χ1) is 12.0.